The quantitative estimate of drug-likeness (QED) is 0.535. The first kappa shape index (κ1) is 23.3. The standard InChI is InChI=1S/C24H32ClN3O3/c1-3-8-20-23(24(31)28(26-20)19-12-7-11-18(25)15-19)21(29)16-27(4-2)22(30)14-13-17-9-5-6-10-17/h7,11-12,15,17,26H,3-6,8-10,13-14,16H2,1-2H3. The first-order valence-corrected chi connectivity index (χ1v) is 11.7. The van der Waals surface area contributed by atoms with Crippen molar-refractivity contribution in [2.45, 2.75) is 65.2 Å². The lowest BCUT2D eigenvalue weighted by Crippen LogP contribution is -2.37. The number of carbonyl (C=O) groups is 2. The molecule has 1 aliphatic carbocycles. The van der Waals surface area contributed by atoms with E-state index >= 15 is 0 Å². The Balaban J connectivity index is 1.78. The summed E-state index contributed by atoms with van der Waals surface area (Å²) in [7, 11) is 0. The van der Waals surface area contributed by atoms with Gasteiger partial charge < -0.3 is 4.90 Å². The van der Waals surface area contributed by atoms with E-state index in [0.717, 1.165) is 12.8 Å². The Hall–Kier alpha value is -2.34. The monoisotopic (exact) mass is 445 g/mol. The number of carbonyl (C=O) groups excluding carboxylic acids is 2. The lowest BCUT2D eigenvalue weighted by atomic mass is 10.0. The summed E-state index contributed by atoms with van der Waals surface area (Å²) in [5.74, 6) is 0.302. The van der Waals surface area contributed by atoms with Crippen LogP contribution in [0, 0.1) is 5.92 Å². The number of halogens is 1. The molecule has 1 aromatic carbocycles. The Morgan fingerprint density at radius 1 is 1.23 bits per heavy atom. The Bertz CT molecular complexity index is 973. The number of aryl methyl sites for hydroxylation is 1. The number of hydrogen-bond donors (Lipinski definition) is 1. The van der Waals surface area contributed by atoms with Gasteiger partial charge in [0.15, 0.2) is 5.78 Å². The van der Waals surface area contributed by atoms with E-state index in [1.54, 1.807) is 29.2 Å². The summed E-state index contributed by atoms with van der Waals surface area (Å²) in [6, 6.07) is 6.93. The summed E-state index contributed by atoms with van der Waals surface area (Å²) in [5.41, 5.74) is 0.926. The van der Waals surface area contributed by atoms with Gasteiger partial charge in [-0.15, -0.1) is 0 Å². The number of hydrogen-bond acceptors (Lipinski definition) is 3. The van der Waals surface area contributed by atoms with Crippen molar-refractivity contribution < 1.29 is 9.59 Å². The molecule has 7 heteroatoms. The minimum absolute atomic E-state index is 0.00880. The van der Waals surface area contributed by atoms with Gasteiger partial charge in [-0.3, -0.25) is 19.5 Å². The van der Waals surface area contributed by atoms with Gasteiger partial charge >= 0.3 is 0 Å². The molecule has 31 heavy (non-hydrogen) atoms. The molecule has 1 amide bonds. The number of nitrogens with zero attached hydrogens (tertiary/aromatic N) is 2. The molecule has 1 saturated carbocycles. The van der Waals surface area contributed by atoms with E-state index in [0.29, 0.717) is 41.7 Å². The SMILES string of the molecule is CCCc1[nH]n(-c2cccc(Cl)c2)c(=O)c1C(=O)CN(CC)C(=O)CCC1CCCC1. The van der Waals surface area contributed by atoms with Crippen LogP contribution in [0.15, 0.2) is 29.1 Å². The number of amides is 1. The summed E-state index contributed by atoms with van der Waals surface area (Å²) < 4.78 is 1.36. The van der Waals surface area contributed by atoms with Crippen LogP contribution in [0.2, 0.25) is 5.02 Å². The van der Waals surface area contributed by atoms with Gasteiger partial charge in [0.2, 0.25) is 5.91 Å². The Labute approximate surface area is 188 Å². The van der Waals surface area contributed by atoms with Crippen LogP contribution < -0.4 is 5.56 Å². The minimum Gasteiger partial charge on any atom is -0.335 e. The van der Waals surface area contributed by atoms with Crippen molar-refractivity contribution in [2.24, 2.45) is 5.92 Å². The molecule has 6 nitrogen and oxygen atoms in total. The highest BCUT2D eigenvalue weighted by atomic mass is 35.5. The third kappa shape index (κ3) is 5.67. The van der Waals surface area contributed by atoms with Crippen LogP contribution in [0.1, 0.15) is 74.8 Å². The fraction of sp³-hybridized carbons (Fsp3) is 0.542. The largest absolute Gasteiger partial charge is 0.335 e. The van der Waals surface area contributed by atoms with E-state index in [1.165, 1.54) is 30.4 Å². The molecule has 0 saturated heterocycles. The molecule has 3 rings (SSSR count). The number of H-pyrrole nitrogens is 1. The predicted molar refractivity (Wildman–Crippen MR) is 123 cm³/mol. The van der Waals surface area contributed by atoms with Gasteiger partial charge in [0, 0.05) is 23.7 Å². The molecular weight excluding hydrogens is 414 g/mol. The van der Waals surface area contributed by atoms with Crippen LogP contribution in [-0.2, 0) is 11.2 Å². The fourth-order valence-corrected chi connectivity index (χ4v) is 4.60. The molecule has 0 atom stereocenters. The molecule has 168 valence electrons. The summed E-state index contributed by atoms with van der Waals surface area (Å²) in [6.07, 6.45) is 7.61. The van der Waals surface area contributed by atoms with E-state index < -0.39 is 5.56 Å². The zero-order chi connectivity index (χ0) is 22.4. The van der Waals surface area contributed by atoms with Gasteiger partial charge in [0.1, 0.15) is 5.56 Å². The van der Waals surface area contributed by atoms with Crippen molar-refractivity contribution in [3.63, 3.8) is 0 Å². The van der Waals surface area contributed by atoms with E-state index in [4.69, 9.17) is 11.6 Å². The van der Waals surface area contributed by atoms with Crippen LogP contribution in [0.3, 0.4) is 0 Å². The molecule has 0 spiro atoms. The highest BCUT2D eigenvalue weighted by Crippen LogP contribution is 2.28. The van der Waals surface area contributed by atoms with Crippen molar-refractivity contribution in [2.75, 3.05) is 13.1 Å². The zero-order valence-corrected chi connectivity index (χ0v) is 19.2. The maximum Gasteiger partial charge on any atom is 0.282 e. The lowest BCUT2D eigenvalue weighted by molar-refractivity contribution is -0.130. The number of rotatable bonds is 10. The van der Waals surface area contributed by atoms with Crippen LogP contribution in [0.4, 0.5) is 0 Å². The Morgan fingerprint density at radius 3 is 2.61 bits per heavy atom. The second-order valence-corrected chi connectivity index (χ2v) is 8.79. The third-order valence-corrected chi connectivity index (χ3v) is 6.36. The van der Waals surface area contributed by atoms with Crippen molar-refractivity contribution in [1.29, 1.82) is 0 Å². The minimum atomic E-state index is -0.398. The van der Waals surface area contributed by atoms with Crippen LogP contribution in [0.5, 0.6) is 0 Å². The van der Waals surface area contributed by atoms with Gasteiger partial charge in [-0.1, -0.05) is 56.7 Å². The maximum absolute atomic E-state index is 13.2. The van der Waals surface area contributed by atoms with Gasteiger partial charge in [-0.2, -0.15) is 0 Å². The highest BCUT2D eigenvalue weighted by Gasteiger charge is 2.25. The van der Waals surface area contributed by atoms with Crippen molar-refractivity contribution >= 4 is 23.3 Å². The molecule has 1 aromatic heterocycles. The average Bonchev–Trinajstić information content (AvgIpc) is 3.38. The van der Waals surface area contributed by atoms with Crippen molar-refractivity contribution in [1.82, 2.24) is 14.7 Å². The summed E-state index contributed by atoms with van der Waals surface area (Å²) in [6.45, 7) is 4.24. The maximum atomic E-state index is 13.2. The lowest BCUT2D eigenvalue weighted by Gasteiger charge is -2.21. The number of Topliss-reactive ketones (excluding diaryl/α,β-unsaturated/α-hetero) is 1. The normalized spacial score (nSPS) is 14.2. The first-order chi connectivity index (χ1) is 14.9. The summed E-state index contributed by atoms with van der Waals surface area (Å²) in [5, 5.41) is 3.59. The van der Waals surface area contributed by atoms with Gasteiger partial charge in [0.25, 0.3) is 5.56 Å². The topological polar surface area (TPSA) is 75.2 Å². The van der Waals surface area contributed by atoms with Crippen LogP contribution in [-0.4, -0.2) is 39.5 Å². The third-order valence-electron chi connectivity index (χ3n) is 6.12. The smallest absolute Gasteiger partial charge is 0.282 e. The molecule has 0 unspecified atom stereocenters. The number of nitrogens with one attached hydrogen (secondary N) is 1. The molecule has 1 aliphatic rings. The summed E-state index contributed by atoms with van der Waals surface area (Å²) >= 11 is 6.08. The van der Waals surface area contributed by atoms with E-state index in [-0.39, 0.29) is 23.8 Å². The number of ketones is 1. The molecule has 1 fully saturated rings. The molecule has 1 heterocycles. The van der Waals surface area contributed by atoms with Crippen LogP contribution >= 0.6 is 11.6 Å². The number of aromatic nitrogens is 2. The Kier molecular flexibility index (Phi) is 8.13. The summed E-state index contributed by atoms with van der Waals surface area (Å²) in [4.78, 5) is 40.6. The molecule has 0 radical (unpaired) electrons. The van der Waals surface area contributed by atoms with E-state index in [2.05, 4.69) is 5.10 Å². The molecule has 0 aliphatic heterocycles. The number of benzene rings is 1. The predicted octanol–water partition coefficient (Wildman–Crippen LogP) is 4.77. The second kappa shape index (κ2) is 10.8. The van der Waals surface area contributed by atoms with E-state index in [1.807, 2.05) is 13.8 Å². The number of aromatic amines is 1. The van der Waals surface area contributed by atoms with Crippen LogP contribution in [0.25, 0.3) is 5.69 Å². The molecular formula is C24H32ClN3O3. The van der Waals surface area contributed by atoms with Gasteiger partial charge in [-0.05, 0) is 43.9 Å². The van der Waals surface area contributed by atoms with E-state index in [9.17, 15) is 14.4 Å². The van der Waals surface area contributed by atoms with Gasteiger partial charge in [-0.25, -0.2) is 4.68 Å². The first-order valence-electron chi connectivity index (χ1n) is 11.3. The zero-order valence-electron chi connectivity index (χ0n) is 18.5. The molecule has 1 N–H and O–H groups in total. The molecule has 2 aromatic rings. The van der Waals surface area contributed by atoms with Crippen molar-refractivity contribution in [3.05, 3.63) is 50.9 Å². The molecule has 0 bridgehead atoms. The highest BCUT2D eigenvalue weighted by molar-refractivity contribution is 6.30. The fourth-order valence-electron chi connectivity index (χ4n) is 4.41. The Morgan fingerprint density at radius 2 is 1.97 bits per heavy atom. The second-order valence-electron chi connectivity index (χ2n) is 8.36. The number of likely N-dealkylation sites (N-methyl/N-ethyl adjacent to an activating group) is 1. The van der Waals surface area contributed by atoms with Crippen molar-refractivity contribution in [3.8, 4) is 5.69 Å². The average molecular weight is 446 g/mol. The van der Waals surface area contributed by atoms with Gasteiger partial charge in [0.05, 0.1) is 12.2 Å².